The Bertz CT molecular complexity index is 668. The third-order valence-electron chi connectivity index (χ3n) is 2.50. The number of aryl methyl sites for hydroxylation is 1. The first-order valence-corrected chi connectivity index (χ1v) is 5.42. The lowest BCUT2D eigenvalue weighted by Gasteiger charge is -2.04. The van der Waals surface area contributed by atoms with Gasteiger partial charge in [0.2, 0.25) is 0 Å². The smallest absolute Gasteiger partial charge is 0.126 e. The molecule has 0 unspecified atom stereocenters. The molecular formula is C13H9FN2S. The zero-order chi connectivity index (χ0) is 12.4. The van der Waals surface area contributed by atoms with Crippen LogP contribution in [0.1, 0.15) is 11.1 Å². The Balaban J connectivity index is 2.54. The van der Waals surface area contributed by atoms with Crippen LogP contribution in [0.15, 0.2) is 30.3 Å². The Hall–Kier alpha value is -1.99. The number of pyridine rings is 1. The summed E-state index contributed by atoms with van der Waals surface area (Å²) in [4.78, 5) is 2.96. The van der Waals surface area contributed by atoms with Crippen molar-refractivity contribution in [2.24, 2.45) is 0 Å². The van der Waals surface area contributed by atoms with E-state index in [2.05, 4.69) is 4.98 Å². The Morgan fingerprint density at radius 2 is 2.06 bits per heavy atom. The Labute approximate surface area is 103 Å². The zero-order valence-corrected chi connectivity index (χ0v) is 9.94. The number of nitrogens with zero attached hydrogens (tertiary/aromatic N) is 1. The summed E-state index contributed by atoms with van der Waals surface area (Å²) in [6.07, 6.45) is 0. The number of aromatic nitrogens is 1. The molecule has 2 nitrogen and oxygen atoms in total. The first kappa shape index (κ1) is 11.5. The molecule has 0 aliphatic heterocycles. The molecule has 1 aromatic carbocycles. The van der Waals surface area contributed by atoms with Crippen LogP contribution in [0.4, 0.5) is 4.39 Å². The van der Waals surface area contributed by atoms with E-state index in [9.17, 15) is 4.39 Å². The molecule has 0 bridgehead atoms. The van der Waals surface area contributed by atoms with Crippen molar-refractivity contribution in [1.29, 1.82) is 5.26 Å². The topological polar surface area (TPSA) is 39.6 Å². The second-order valence-electron chi connectivity index (χ2n) is 3.69. The number of hydrogen-bond donors (Lipinski definition) is 1. The highest BCUT2D eigenvalue weighted by atomic mass is 32.1. The lowest BCUT2D eigenvalue weighted by atomic mass is 10.1. The average molecular weight is 244 g/mol. The van der Waals surface area contributed by atoms with Gasteiger partial charge in [-0.25, -0.2) is 4.39 Å². The lowest BCUT2D eigenvalue weighted by molar-refractivity contribution is 0.619. The minimum absolute atomic E-state index is 0.235. The van der Waals surface area contributed by atoms with Gasteiger partial charge in [-0.1, -0.05) is 12.2 Å². The first-order valence-electron chi connectivity index (χ1n) is 5.02. The van der Waals surface area contributed by atoms with Gasteiger partial charge in [-0.3, -0.25) is 0 Å². The molecule has 17 heavy (non-hydrogen) atoms. The van der Waals surface area contributed by atoms with Gasteiger partial charge in [0.05, 0.1) is 5.56 Å². The maximum absolute atomic E-state index is 13.1. The number of halogens is 1. The van der Waals surface area contributed by atoms with Crippen molar-refractivity contribution < 1.29 is 4.39 Å². The number of hydrogen-bond acceptors (Lipinski definition) is 2. The highest BCUT2D eigenvalue weighted by Crippen LogP contribution is 2.20. The van der Waals surface area contributed by atoms with Crippen LogP contribution >= 0.6 is 12.2 Å². The third-order valence-corrected chi connectivity index (χ3v) is 2.82. The molecule has 0 aliphatic carbocycles. The van der Waals surface area contributed by atoms with Gasteiger partial charge in [0.15, 0.2) is 0 Å². The molecule has 1 aromatic heterocycles. The van der Waals surface area contributed by atoms with E-state index in [0.29, 0.717) is 15.8 Å². The summed E-state index contributed by atoms with van der Waals surface area (Å²) in [6, 6.07) is 10.3. The molecule has 4 heteroatoms. The normalized spacial score (nSPS) is 9.94. The standard InChI is InChI=1S/C13H9FN2S/c1-8-6-9(2-4-11(8)14)12-5-3-10(7-15)13(17)16-12/h2-6H,1H3,(H,16,17). The summed E-state index contributed by atoms with van der Waals surface area (Å²) < 4.78 is 13.5. The van der Waals surface area contributed by atoms with Crippen molar-refractivity contribution >= 4 is 12.2 Å². The quantitative estimate of drug-likeness (QED) is 0.776. The van der Waals surface area contributed by atoms with E-state index in [-0.39, 0.29) is 5.82 Å². The molecule has 0 atom stereocenters. The van der Waals surface area contributed by atoms with E-state index < -0.39 is 0 Å². The molecule has 0 fully saturated rings. The molecule has 0 saturated heterocycles. The molecule has 2 rings (SSSR count). The SMILES string of the molecule is Cc1cc(-c2ccc(C#N)c(=S)[nH]2)ccc1F. The van der Waals surface area contributed by atoms with Gasteiger partial charge in [0.25, 0.3) is 0 Å². The van der Waals surface area contributed by atoms with E-state index in [1.54, 1.807) is 31.2 Å². The molecule has 0 aliphatic rings. The number of H-pyrrole nitrogens is 1. The van der Waals surface area contributed by atoms with Crippen LogP contribution in [-0.4, -0.2) is 4.98 Å². The van der Waals surface area contributed by atoms with Gasteiger partial charge in [-0.15, -0.1) is 0 Å². The number of rotatable bonds is 1. The average Bonchev–Trinajstić information content (AvgIpc) is 2.32. The van der Waals surface area contributed by atoms with Gasteiger partial charge >= 0.3 is 0 Å². The highest BCUT2D eigenvalue weighted by molar-refractivity contribution is 7.71. The fourth-order valence-electron chi connectivity index (χ4n) is 1.54. The maximum atomic E-state index is 13.1. The zero-order valence-electron chi connectivity index (χ0n) is 9.12. The predicted octanol–water partition coefficient (Wildman–Crippen LogP) is 3.73. The minimum Gasteiger partial charge on any atom is -0.345 e. The minimum atomic E-state index is -0.235. The Morgan fingerprint density at radius 3 is 2.65 bits per heavy atom. The summed E-state index contributed by atoms with van der Waals surface area (Å²) in [6.45, 7) is 1.71. The monoisotopic (exact) mass is 244 g/mol. The van der Waals surface area contributed by atoms with E-state index in [1.165, 1.54) is 6.07 Å². The summed E-state index contributed by atoms with van der Waals surface area (Å²) in [5, 5.41) is 8.77. The van der Waals surface area contributed by atoms with Crippen LogP contribution in [0, 0.1) is 28.7 Å². The van der Waals surface area contributed by atoms with Crippen molar-refractivity contribution in [3.8, 4) is 17.3 Å². The lowest BCUT2D eigenvalue weighted by Crippen LogP contribution is -1.89. The van der Waals surface area contributed by atoms with Crippen LogP contribution in [0.3, 0.4) is 0 Å². The van der Waals surface area contributed by atoms with Crippen LogP contribution < -0.4 is 0 Å². The van der Waals surface area contributed by atoms with Gasteiger partial charge in [-0.05, 0) is 48.4 Å². The molecule has 1 N–H and O–H groups in total. The molecular weight excluding hydrogens is 235 g/mol. The molecule has 84 valence electrons. The van der Waals surface area contributed by atoms with E-state index >= 15 is 0 Å². The molecule has 0 amide bonds. The van der Waals surface area contributed by atoms with Crippen LogP contribution in [0.5, 0.6) is 0 Å². The molecule has 1 heterocycles. The van der Waals surface area contributed by atoms with Crippen molar-refractivity contribution in [2.75, 3.05) is 0 Å². The van der Waals surface area contributed by atoms with Gasteiger partial charge < -0.3 is 4.98 Å². The van der Waals surface area contributed by atoms with Crippen LogP contribution in [0.2, 0.25) is 0 Å². The maximum Gasteiger partial charge on any atom is 0.126 e. The Kier molecular flexibility index (Phi) is 3.03. The van der Waals surface area contributed by atoms with Crippen molar-refractivity contribution in [3.05, 3.63) is 51.9 Å². The molecule has 0 saturated carbocycles. The van der Waals surface area contributed by atoms with Crippen molar-refractivity contribution in [2.45, 2.75) is 6.92 Å². The third kappa shape index (κ3) is 2.24. The fraction of sp³-hybridized carbons (Fsp3) is 0.0769. The summed E-state index contributed by atoms with van der Waals surface area (Å²) in [7, 11) is 0. The predicted molar refractivity (Wildman–Crippen MR) is 66.5 cm³/mol. The summed E-state index contributed by atoms with van der Waals surface area (Å²) in [5.41, 5.74) is 2.63. The van der Waals surface area contributed by atoms with Gasteiger partial charge in [0.1, 0.15) is 16.5 Å². The largest absolute Gasteiger partial charge is 0.345 e. The van der Waals surface area contributed by atoms with Crippen molar-refractivity contribution in [3.63, 3.8) is 0 Å². The fourth-order valence-corrected chi connectivity index (χ4v) is 1.77. The number of nitrogens with one attached hydrogen (secondary N) is 1. The van der Waals surface area contributed by atoms with E-state index in [0.717, 1.165) is 11.3 Å². The number of benzene rings is 1. The first-order chi connectivity index (χ1) is 8.11. The van der Waals surface area contributed by atoms with Crippen molar-refractivity contribution in [1.82, 2.24) is 4.98 Å². The summed E-state index contributed by atoms with van der Waals surface area (Å²) in [5.74, 6) is -0.235. The van der Waals surface area contributed by atoms with Gasteiger partial charge in [-0.2, -0.15) is 5.26 Å². The van der Waals surface area contributed by atoms with E-state index in [4.69, 9.17) is 17.5 Å². The molecule has 0 spiro atoms. The highest BCUT2D eigenvalue weighted by Gasteiger charge is 2.03. The second-order valence-corrected chi connectivity index (χ2v) is 4.10. The molecule has 2 aromatic rings. The summed E-state index contributed by atoms with van der Waals surface area (Å²) >= 11 is 5.05. The van der Waals surface area contributed by atoms with Crippen LogP contribution in [-0.2, 0) is 0 Å². The van der Waals surface area contributed by atoms with Gasteiger partial charge in [0, 0.05) is 5.69 Å². The number of nitriles is 1. The van der Waals surface area contributed by atoms with Crippen LogP contribution in [0.25, 0.3) is 11.3 Å². The Morgan fingerprint density at radius 1 is 1.29 bits per heavy atom. The second kappa shape index (κ2) is 4.48. The molecule has 0 radical (unpaired) electrons. The number of aromatic amines is 1. The van der Waals surface area contributed by atoms with E-state index in [1.807, 2.05) is 6.07 Å².